The Labute approximate surface area is 130 Å². The molecule has 0 aliphatic carbocycles. The Hall–Kier alpha value is -0.170. The molecule has 2 rings (SSSR count). The molecule has 0 bridgehead atoms. The Balaban J connectivity index is 2.03. The van der Waals surface area contributed by atoms with Gasteiger partial charge in [0.25, 0.3) is 10.2 Å². The predicted octanol–water partition coefficient (Wildman–Crippen LogP) is 1.67. The Morgan fingerprint density at radius 1 is 1.29 bits per heavy atom. The number of piperidine rings is 2. The molecule has 2 atom stereocenters. The fourth-order valence-corrected chi connectivity index (χ4v) is 5.38. The molecule has 6 heteroatoms. The van der Waals surface area contributed by atoms with Gasteiger partial charge in [-0.05, 0) is 57.0 Å². The average Bonchev–Trinajstić information content (AvgIpc) is 2.48. The summed E-state index contributed by atoms with van der Waals surface area (Å²) in [5, 5.41) is 3.39. The first-order valence-electron chi connectivity index (χ1n) is 8.50. The van der Waals surface area contributed by atoms with Crippen molar-refractivity contribution in [3.63, 3.8) is 0 Å². The van der Waals surface area contributed by atoms with Gasteiger partial charge in [0.1, 0.15) is 0 Å². The van der Waals surface area contributed by atoms with Crippen LogP contribution in [0.4, 0.5) is 0 Å². The van der Waals surface area contributed by atoms with Gasteiger partial charge in [-0.1, -0.05) is 13.8 Å². The average molecular weight is 317 g/mol. The lowest BCUT2D eigenvalue weighted by Crippen LogP contribution is -2.50. The number of hydrogen-bond acceptors (Lipinski definition) is 3. The standard InChI is InChI=1S/C15H31N3O2S/c1-3-9-17(13-15-7-4-8-16-11-15)21(19,20)18-10-5-6-14(2)12-18/h14-16H,3-13H2,1-2H3. The van der Waals surface area contributed by atoms with E-state index in [1.54, 1.807) is 8.61 Å². The van der Waals surface area contributed by atoms with Crippen LogP contribution in [0.5, 0.6) is 0 Å². The Bertz CT molecular complexity index is 407. The summed E-state index contributed by atoms with van der Waals surface area (Å²) in [5.41, 5.74) is 0. The highest BCUT2D eigenvalue weighted by Crippen LogP contribution is 2.22. The minimum absolute atomic E-state index is 0.460. The summed E-state index contributed by atoms with van der Waals surface area (Å²) in [5.74, 6) is 0.940. The molecule has 124 valence electrons. The van der Waals surface area contributed by atoms with E-state index in [0.717, 1.165) is 45.2 Å². The molecule has 2 aliphatic heterocycles. The Morgan fingerprint density at radius 2 is 2.10 bits per heavy atom. The summed E-state index contributed by atoms with van der Waals surface area (Å²) in [4.78, 5) is 0. The van der Waals surface area contributed by atoms with Crippen LogP contribution in [-0.2, 0) is 10.2 Å². The summed E-state index contributed by atoms with van der Waals surface area (Å²) in [6, 6.07) is 0. The number of rotatable bonds is 6. The topological polar surface area (TPSA) is 52.7 Å². The van der Waals surface area contributed by atoms with Crippen molar-refractivity contribution < 1.29 is 8.42 Å². The molecule has 1 N–H and O–H groups in total. The summed E-state index contributed by atoms with van der Waals surface area (Å²) in [7, 11) is -3.28. The van der Waals surface area contributed by atoms with E-state index in [9.17, 15) is 8.42 Å². The maximum Gasteiger partial charge on any atom is 0.281 e. The second-order valence-electron chi connectivity index (χ2n) is 6.68. The largest absolute Gasteiger partial charge is 0.316 e. The van der Waals surface area contributed by atoms with Crippen molar-refractivity contribution in [1.82, 2.24) is 13.9 Å². The zero-order valence-corrected chi connectivity index (χ0v) is 14.4. The molecule has 0 spiro atoms. The minimum atomic E-state index is -3.28. The summed E-state index contributed by atoms with van der Waals surface area (Å²) < 4.78 is 29.3. The molecule has 0 aromatic carbocycles. The second-order valence-corrected chi connectivity index (χ2v) is 8.61. The molecule has 0 aromatic rings. The van der Waals surface area contributed by atoms with Crippen molar-refractivity contribution in [2.45, 2.75) is 46.0 Å². The van der Waals surface area contributed by atoms with E-state index in [1.165, 1.54) is 0 Å². The van der Waals surface area contributed by atoms with E-state index < -0.39 is 10.2 Å². The highest BCUT2D eigenvalue weighted by molar-refractivity contribution is 7.86. The molecule has 2 heterocycles. The normalized spacial score (nSPS) is 28.9. The van der Waals surface area contributed by atoms with Crippen LogP contribution >= 0.6 is 0 Å². The van der Waals surface area contributed by atoms with Crippen LogP contribution in [0.1, 0.15) is 46.0 Å². The van der Waals surface area contributed by atoms with Gasteiger partial charge < -0.3 is 5.32 Å². The van der Waals surface area contributed by atoms with E-state index in [2.05, 4.69) is 19.2 Å². The molecule has 0 radical (unpaired) electrons. The summed E-state index contributed by atoms with van der Waals surface area (Å²) in [6.45, 7) is 8.92. The van der Waals surface area contributed by atoms with Crippen molar-refractivity contribution in [3.05, 3.63) is 0 Å². The first-order chi connectivity index (χ1) is 10.0. The van der Waals surface area contributed by atoms with Gasteiger partial charge in [0.05, 0.1) is 0 Å². The highest BCUT2D eigenvalue weighted by atomic mass is 32.2. The molecule has 0 aromatic heterocycles. The lowest BCUT2D eigenvalue weighted by molar-refractivity contribution is 0.238. The Morgan fingerprint density at radius 3 is 2.71 bits per heavy atom. The van der Waals surface area contributed by atoms with Gasteiger partial charge in [-0.15, -0.1) is 0 Å². The summed E-state index contributed by atoms with van der Waals surface area (Å²) >= 11 is 0. The lowest BCUT2D eigenvalue weighted by atomic mass is 10.00. The zero-order chi connectivity index (χ0) is 15.3. The predicted molar refractivity (Wildman–Crippen MR) is 86.3 cm³/mol. The van der Waals surface area contributed by atoms with Gasteiger partial charge in [0, 0.05) is 26.2 Å². The van der Waals surface area contributed by atoms with Gasteiger partial charge in [-0.3, -0.25) is 0 Å². The first-order valence-corrected chi connectivity index (χ1v) is 9.89. The smallest absolute Gasteiger partial charge is 0.281 e. The van der Waals surface area contributed by atoms with Crippen LogP contribution in [0, 0.1) is 11.8 Å². The minimum Gasteiger partial charge on any atom is -0.316 e. The van der Waals surface area contributed by atoms with Crippen LogP contribution in [0.3, 0.4) is 0 Å². The van der Waals surface area contributed by atoms with Crippen molar-refractivity contribution in [3.8, 4) is 0 Å². The first kappa shape index (κ1) is 17.2. The van der Waals surface area contributed by atoms with Gasteiger partial charge in [0.2, 0.25) is 0 Å². The third-order valence-corrected chi connectivity index (χ3v) is 6.57. The number of nitrogens with zero attached hydrogens (tertiary/aromatic N) is 2. The second kappa shape index (κ2) is 7.90. The highest BCUT2D eigenvalue weighted by Gasteiger charge is 2.33. The van der Waals surface area contributed by atoms with Crippen molar-refractivity contribution >= 4 is 10.2 Å². The van der Waals surface area contributed by atoms with E-state index in [1.807, 2.05) is 0 Å². The van der Waals surface area contributed by atoms with E-state index in [0.29, 0.717) is 38.0 Å². The third-order valence-electron chi connectivity index (χ3n) is 4.61. The van der Waals surface area contributed by atoms with E-state index >= 15 is 0 Å². The summed E-state index contributed by atoms with van der Waals surface area (Å²) in [6.07, 6.45) is 5.31. The lowest BCUT2D eigenvalue weighted by Gasteiger charge is -2.36. The zero-order valence-electron chi connectivity index (χ0n) is 13.6. The maximum absolute atomic E-state index is 12.9. The molecule has 21 heavy (non-hydrogen) atoms. The molecule has 0 saturated carbocycles. The third kappa shape index (κ3) is 4.65. The molecule has 2 fully saturated rings. The van der Waals surface area contributed by atoms with E-state index in [4.69, 9.17) is 0 Å². The molecule has 2 saturated heterocycles. The van der Waals surface area contributed by atoms with E-state index in [-0.39, 0.29) is 0 Å². The van der Waals surface area contributed by atoms with Crippen LogP contribution < -0.4 is 5.32 Å². The van der Waals surface area contributed by atoms with Crippen molar-refractivity contribution in [1.29, 1.82) is 0 Å². The molecule has 5 nitrogen and oxygen atoms in total. The van der Waals surface area contributed by atoms with Gasteiger partial charge in [-0.25, -0.2) is 0 Å². The van der Waals surface area contributed by atoms with Gasteiger partial charge in [0.15, 0.2) is 0 Å². The van der Waals surface area contributed by atoms with Gasteiger partial charge in [-0.2, -0.15) is 17.0 Å². The molecular weight excluding hydrogens is 286 g/mol. The monoisotopic (exact) mass is 317 g/mol. The SMILES string of the molecule is CCCN(CC1CCCNC1)S(=O)(=O)N1CCCC(C)C1. The maximum atomic E-state index is 12.9. The van der Waals surface area contributed by atoms with Gasteiger partial charge >= 0.3 is 0 Å². The van der Waals surface area contributed by atoms with Crippen molar-refractivity contribution in [2.75, 3.05) is 39.3 Å². The number of nitrogens with one attached hydrogen (secondary N) is 1. The van der Waals surface area contributed by atoms with Crippen molar-refractivity contribution in [2.24, 2.45) is 11.8 Å². The van der Waals surface area contributed by atoms with Crippen LogP contribution in [0.2, 0.25) is 0 Å². The van der Waals surface area contributed by atoms with Crippen LogP contribution in [-0.4, -0.2) is 56.3 Å². The fourth-order valence-electron chi connectivity index (χ4n) is 3.44. The Kier molecular flexibility index (Phi) is 6.47. The molecule has 0 amide bonds. The fraction of sp³-hybridized carbons (Fsp3) is 1.00. The van der Waals surface area contributed by atoms with Crippen LogP contribution in [0.25, 0.3) is 0 Å². The molecular formula is C15H31N3O2S. The number of hydrogen-bond donors (Lipinski definition) is 1. The molecule has 2 unspecified atom stereocenters. The van der Waals surface area contributed by atoms with Crippen LogP contribution in [0.15, 0.2) is 0 Å². The molecule has 2 aliphatic rings. The quantitative estimate of drug-likeness (QED) is 0.811.